The number of aliphatic hydroxyl groups is 1. The van der Waals surface area contributed by atoms with Crippen molar-refractivity contribution >= 4 is 36.3 Å². The normalized spacial score (nSPS) is 20.6. The van der Waals surface area contributed by atoms with Gasteiger partial charge in [0.25, 0.3) is 0 Å². The number of nitrogens with one attached hydrogen (secondary N) is 1. The van der Waals surface area contributed by atoms with Crippen molar-refractivity contribution in [3.05, 3.63) is 65.2 Å². The molecule has 4 rings (SSSR count). The molecule has 0 bridgehead atoms. The fraction of sp³-hybridized carbons (Fsp3) is 0.316. The lowest BCUT2D eigenvalue weighted by Gasteiger charge is -2.37. The summed E-state index contributed by atoms with van der Waals surface area (Å²) in [5, 5.41) is 15.1. The molecule has 0 saturated heterocycles. The van der Waals surface area contributed by atoms with Gasteiger partial charge in [-0.05, 0) is 31.5 Å². The largest absolute Gasteiger partial charge is 0.385 e. The second-order valence-electron chi connectivity index (χ2n) is 6.04. The summed E-state index contributed by atoms with van der Waals surface area (Å²) in [6.07, 6.45) is 0.965. The summed E-state index contributed by atoms with van der Waals surface area (Å²) in [7, 11) is 0. The van der Waals surface area contributed by atoms with E-state index in [2.05, 4.69) is 30.4 Å². The number of amidine groups is 1. The van der Waals surface area contributed by atoms with E-state index in [1.54, 1.807) is 0 Å². The minimum atomic E-state index is -1.14. The summed E-state index contributed by atoms with van der Waals surface area (Å²) in [4.78, 5) is 6.74. The van der Waals surface area contributed by atoms with Gasteiger partial charge in [0.05, 0.1) is 0 Å². The molecule has 2 aromatic carbocycles. The van der Waals surface area contributed by atoms with E-state index < -0.39 is 5.72 Å². The van der Waals surface area contributed by atoms with Crippen LogP contribution in [0.15, 0.2) is 53.5 Å². The summed E-state index contributed by atoms with van der Waals surface area (Å²) in [5.74, 6) is 0.917. The van der Waals surface area contributed by atoms with Crippen molar-refractivity contribution in [1.82, 2.24) is 4.90 Å². The number of hydrogen-bond donors (Lipinski definition) is 2. The maximum atomic E-state index is 11.7. The quantitative estimate of drug-likeness (QED) is 0.855. The van der Waals surface area contributed by atoms with E-state index >= 15 is 0 Å². The van der Waals surface area contributed by atoms with Gasteiger partial charge in [-0.1, -0.05) is 30.3 Å². The number of anilines is 1. The fourth-order valence-corrected chi connectivity index (χ4v) is 3.62. The molecule has 6 heteroatoms. The number of benzene rings is 2. The van der Waals surface area contributed by atoms with Crippen molar-refractivity contribution in [2.45, 2.75) is 19.1 Å². The number of fused-ring (bicyclic) bond motifs is 3. The molecule has 1 atom stereocenters. The lowest BCUT2D eigenvalue weighted by molar-refractivity contribution is -0.0317. The second-order valence-corrected chi connectivity index (χ2v) is 6.04. The third-order valence-corrected chi connectivity index (χ3v) is 4.64. The topological polar surface area (TPSA) is 47.9 Å². The summed E-state index contributed by atoms with van der Waals surface area (Å²) in [6, 6.07) is 16.1. The Morgan fingerprint density at radius 2 is 1.92 bits per heavy atom. The first-order valence-corrected chi connectivity index (χ1v) is 8.24. The molecule has 0 fully saturated rings. The standard InChI is InChI=1S/C19H21N3O.2ClH/c1-2-20-15-9-10-16-17(13-15)19(23,14-7-4-3-5-8-14)22-12-6-11-21-18(16)22;;/h3-5,7-10,13,20,23H,2,6,11-12H2,1H3;2*1H. The zero-order valence-corrected chi connectivity index (χ0v) is 15.7. The number of halogens is 2. The van der Waals surface area contributed by atoms with E-state index in [0.29, 0.717) is 0 Å². The lowest BCUT2D eigenvalue weighted by Crippen LogP contribution is -2.47. The molecular weight excluding hydrogens is 357 g/mol. The molecule has 0 spiro atoms. The van der Waals surface area contributed by atoms with Crippen molar-refractivity contribution in [2.24, 2.45) is 4.99 Å². The van der Waals surface area contributed by atoms with Crippen molar-refractivity contribution < 1.29 is 5.11 Å². The Balaban J connectivity index is 0.00000113. The predicted octanol–water partition coefficient (Wildman–Crippen LogP) is 3.62. The van der Waals surface area contributed by atoms with Crippen LogP contribution in [0.3, 0.4) is 0 Å². The van der Waals surface area contributed by atoms with Crippen LogP contribution in [0.4, 0.5) is 5.69 Å². The molecule has 0 saturated carbocycles. The monoisotopic (exact) mass is 379 g/mol. The second kappa shape index (κ2) is 7.65. The van der Waals surface area contributed by atoms with E-state index in [1.807, 2.05) is 35.2 Å². The number of rotatable bonds is 3. The van der Waals surface area contributed by atoms with Gasteiger partial charge in [-0.3, -0.25) is 4.99 Å². The average molecular weight is 380 g/mol. The maximum absolute atomic E-state index is 11.7. The Labute approximate surface area is 160 Å². The van der Waals surface area contributed by atoms with Crippen LogP contribution in [-0.2, 0) is 5.72 Å². The van der Waals surface area contributed by atoms with Gasteiger partial charge < -0.3 is 15.3 Å². The average Bonchev–Trinajstić information content (AvgIpc) is 2.87. The summed E-state index contributed by atoms with van der Waals surface area (Å²) in [6.45, 7) is 4.57. The van der Waals surface area contributed by atoms with Crippen LogP contribution in [-0.4, -0.2) is 35.5 Å². The van der Waals surface area contributed by atoms with Crippen LogP contribution < -0.4 is 5.32 Å². The Morgan fingerprint density at radius 1 is 1.16 bits per heavy atom. The molecule has 2 heterocycles. The summed E-state index contributed by atoms with van der Waals surface area (Å²) < 4.78 is 0. The minimum absolute atomic E-state index is 0. The highest BCUT2D eigenvalue weighted by Gasteiger charge is 2.48. The molecule has 4 nitrogen and oxygen atoms in total. The van der Waals surface area contributed by atoms with Crippen molar-refractivity contribution in [3.8, 4) is 0 Å². The van der Waals surface area contributed by atoms with Gasteiger partial charge in [0.1, 0.15) is 5.84 Å². The smallest absolute Gasteiger partial charge is 0.193 e. The Kier molecular flexibility index (Phi) is 5.99. The zero-order valence-electron chi connectivity index (χ0n) is 14.1. The number of aliphatic imine (C=N–C) groups is 1. The van der Waals surface area contributed by atoms with Gasteiger partial charge in [-0.25, -0.2) is 0 Å². The molecule has 2 aliphatic heterocycles. The number of hydrogen-bond acceptors (Lipinski definition) is 4. The Bertz CT molecular complexity index is 767. The van der Waals surface area contributed by atoms with E-state index in [1.165, 1.54) is 0 Å². The molecule has 0 aromatic heterocycles. The van der Waals surface area contributed by atoms with E-state index in [4.69, 9.17) is 4.99 Å². The molecule has 134 valence electrons. The maximum Gasteiger partial charge on any atom is 0.193 e. The minimum Gasteiger partial charge on any atom is -0.385 e. The van der Waals surface area contributed by atoms with E-state index in [0.717, 1.165) is 54.3 Å². The van der Waals surface area contributed by atoms with Gasteiger partial charge in [0.2, 0.25) is 0 Å². The Morgan fingerprint density at radius 3 is 2.64 bits per heavy atom. The van der Waals surface area contributed by atoms with Crippen molar-refractivity contribution in [1.29, 1.82) is 0 Å². The van der Waals surface area contributed by atoms with Crippen molar-refractivity contribution in [3.63, 3.8) is 0 Å². The van der Waals surface area contributed by atoms with Crippen LogP contribution in [0.1, 0.15) is 30.0 Å². The van der Waals surface area contributed by atoms with Crippen LogP contribution >= 0.6 is 24.8 Å². The van der Waals surface area contributed by atoms with Gasteiger partial charge in [-0.2, -0.15) is 0 Å². The SMILES string of the molecule is CCNc1ccc2c(c1)C(O)(c1ccccc1)N1CCCN=C21.Cl.Cl. The first-order chi connectivity index (χ1) is 11.2. The third kappa shape index (κ3) is 2.99. The predicted molar refractivity (Wildman–Crippen MR) is 107 cm³/mol. The molecule has 0 amide bonds. The summed E-state index contributed by atoms with van der Waals surface area (Å²) in [5.41, 5.74) is 2.74. The summed E-state index contributed by atoms with van der Waals surface area (Å²) >= 11 is 0. The highest BCUT2D eigenvalue weighted by atomic mass is 35.5. The van der Waals surface area contributed by atoms with E-state index in [9.17, 15) is 5.11 Å². The van der Waals surface area contributed by atoms with Gasteiger partial charge in [0.15, 0.2) is 5.72 Å². The lowest BCUT2D eigenvalue weighted by atomic mass is 9.93. The number of nitrogens with zero attached hydrogens (tertiary/aromatic N) is 2. The third-order valence-electron chi connectivity index (χ3n) is 4.64. The van der Waals surface area contributed by atoms with Crippen LogP contribution in [0.2, 0.25) is 0 Å². The first-order valence-electron chi connectivity index (χ1n) is 8.24. The van der Waals surface area contributed by atoms with Crippen LogP contribution in [0.25, 0.3) is 0 Å². The highest BCUT2D eigenvalue weighted by molar-refractivity contribution is 6.05. The van der Waals surface area contributed by atoms with E-state index in [-0.39, 0.29) is 24.8 Å². The molecular formula is C19H23Cl2N3O. The van der Waals surface area contributed by atoms with Gasteiger partial charge in [0, 0.05) is 42.0 Å². The van der Waals surface area contributed by atoms with Gasteiger partial charge in [-0.15, -0.1) is 24.8 Å². The molecule has 0 radical (unpaired) electrons. The molecule has 25 heavy (non-hydrogen) atoms. The molecule has 1 unspecified atom stereocenters. The Hall–Kier alpha value is -1.75. The first kappa shape index (κ1) is 19.6. The van der Waals surface area contributed by atoms with Crippen LogP contribution in [0.5, 0.6) is 0 Å². The molecule has 2 aromatic rings. The van der Waals surface area contributed by atoms with Gasteiger partial charge >= 0.3 is 0 Å². The molecule has 2 aliphatic rings. The van der Waals surface area contributed by atoms with Crippen molar-refractivity contribution in [2.75, 3.05) is 25.0 Å². The molecule has 2 N–H and O–H groups in total. The molecule has 0 aliphatic carbocycles. The zero-order chi connectivity index (χ0) is 15.9. The van der Waals surface area contributed by atoms with Crippen LogP contribution in [0, 0.1) is 0 Å². The highest BCUT2D eigenvalue weighted by Crippen LogP contribution is 2.44. The fourth-order valence-electron chi connectivity index (χ4n) is 3.62.